The number of carbonyl (C=O) groups excluding carboxylic acids is 1. The van der Waals surface area contributed by atoms with Crippen molar-refractivity contribution in [3.63, 3.8) is 0 Å². The van der Waals surface area contributed by atoms with Crippen LogP contribution in [0.15, 0.2) is 30.7 Å². The first kappa shape index (κ1) is 14.4. The molecule has 1 saturated heterocycles. The maximum Gasteiger partial charge on any atom is 0.255 e. The maximum atomic E-state index is 12.7. The van der Waals surface area contributed by atoms with Gasteiger partial charge in [-0.25, -0.2) is 4.98 Å². The quantitative estimate of drug-likeness (QED) is 0.868. The largest absolute Gasteiger partial charge is 0.481 e. The molecule has 1 fully saturated rings. The Balaban J connectivity index is 1.84. The molecular weight excluding hydrogens is 280 g/mol. The van der Waals surface area contributed by atoms with Crippen molar-refractivity contribution in [1.82, 2.24) is 19.9 Å². The summed E-state index contributed by atoms with van der Waals surface area (Å²) in [5.41, 5.74) is 2.28. The highest BCUT2D eigenvalue weighted by atomic mass is 16.5. The van der Waals surface area contributed by atoms with E-state index in [4.69, 9.17) is 4.74 Å². The van der Waals surface area contributed by atoms with E-state index in [9.17, 15) is 4.79 Å². The molecule has 0 radical (unpaired) electrons. The van der Waals surface area contributed by atoms with Crippen LogP contribution in [0.2, 0.25) is 0 Å². The molecule has 0 aromatic carbocycles. The van der Waals surface area contributed by atoms with Gasteiger partial charge in [0.1, 0.15) is 0 Å². The van der Waals surface area contributed by atoms with E-state index >= 15 is 0 Å². The molecule has 1 amide bonds. The monoisotopic (exact) mass is 298 g/mol. The van der Waals surface area contributed by atoms with Crippen LogP contribution in [0, 0.1) is 6.92 Å². The summed E-state index contributed by atoms with van der Waals surface area (Å²) in [6.45, 7) is 2.64. The second-order valence-corrected chi connectivity index (χ2v) is 5.33. The third kappa shape index (κ3) is 2.77. The molecule has 0 spiro atoms. The maximum absolute atomic E-state index is 12.7. The number of hydrogen-bond donors (Lipinski definition) is 0. The second-order valence-electron chi connectivity index (χ2n) is 5.33. The van der Waals surface area contributed by atoms with E-state index in [0.717, 1.165) is 30.8 Å². The van der Waals surface area contributed by atoms with Crippen molar-refractivity contribution in [3.8, 4) is 5.88 Å². The molecule has 0 unspecified atom stereocenters. The predicted octanol–water partition coefficient (Wildman–Crippen LogP) is 2.17. The Morgan fingerprint density at radius 2 is 2.18 bits per heavy atom. The zero-order valence-electron chi connectivity index (χ0n) is 12.7. The van der Waals surface area contributed by atoms with Gasteiger partial charge in [-0.05, 0) is 25.8 Å². The summed E-state index contributed by atoms with van der Waals surface area (Å²) in [5.74, 6) is 0.472. The lowest BCUT2D eigenvalue weighted by Crippen LogP contribution is -2.31. The molecule has 6 nitrogen and oxygen atoms in total. The average molecular weight is 298 g/mol. The van der Waals surface area contributed by atoms with Crippen molar-refractivity contribution in [1.29, 1.82) is 0 Å². The number of methoxy groups -OCH3 is 1. The van der Waals surface area contributed by atoms with Crippen molar-refractivity contribution >= 4 is 5.91 Å². The summed E-state index contributed by atoms with van der Waals surface area (Å²) < 4.78 is 5.02. The summed E-state index contributed by atoms with van der Waals surface area (Å²) in [7, 11) is 1.55. The van der Waals surface area contributed by atoms with Crippen LogP contribution in [0.4, 0.5) is 0 Å². The minimum Gasteiger partial charge on any atom is -0.481 e. The molecule has 0 N–H and O–H groups in total. The summed E-state index contributed by atoms with van der Waals surface area (Å²) in [5, 5.41) is 0. The lowest BCUT2D eigenvalue weighted by molar-refractivity contribution is 0.0732. The Bertz CT molecular complexity index is 672. The van der Waals surface area contributed by atoms with Gasteiger partial charge >= 0.3 is 0 Å². The topological polar surface area (TPSA) is 68.2 Å². The molecule has 0 aliphatic carbocycles. The normalized spacial score (nSPS) is 17.5. The predicted molar refractivity (Wildman–Crippen MR) is 80.6 cm³/mol. The number of aromatic nitrogens is 3. The molecule has 114 valence electrons. The van der Waals surface area contributed by atoms with Crippen LogP contribution in [0.5, 0.6) is 5.88 Å². The van der Waals surface area contributed by atoms with Gasteiger partial charge in [0, 0.05) is 25.0 Å². The van der Waals surface area contributed by atoms with E-state index in [1.807, 2.05) is 11.8 Å². The molecule has 1 aliphatic rings. The third-order valence-corrected chi connectivity index (χ3v) is 3.82. The van der Waals surface area contributed by atoms with Crippen molar-refractivity contribution in [2.75, 3.05) is 13.7 Å². The third-order valence-electron chi connectivity index (χ3n) is 3.82. The Labute approximate surface area is 129 Å². The van der Waals surface area contributed by atoms with Gasteiger partial charge in [-0.15, -0.1) is 0 Å². The second kappa shape index (κ2) is 6.09. The molecule has 0 bridgehead atoms. The number of pyridine rings is 1. The van der Waals surface area contributed by atoms with E-state index in [0.29, 0.717) is 11.4 Å². The Kier molecular flexibility index (Phi) is 4.00. The van der Waals surface area contributed by atoms with Crippen LogP contribution in [-0.2, 0) is 0 Å². The van der Waals surface area contributed by atoms with Crippen LogP contribution in [0.1, 0.15) is 40.6 Å². The first-order valence-corrected chi connectivity index (χ1v) is 7.28. The molecule has 6 heteroatoms. The van der Waals surface area contributed by atoms with Crippen LogP contribution >= 0.6 is 0 Å². The summed E-state index contributed by atoms with van der Waals surface area (Å²) in [6, 6.07) is 3.43. The van der Waals surface area contributed by atoms with Gasteiger partial charge in [0.05, 0.1) is 36.3 Å². The average Bonchev–Trinajstić information content (AvgIpc) is 3.04. The number of rotatable bonds is 3. The van der Waals surface area contributed by atoms with Crippen molar-refractivity contribution < 1.29 is 9.53 Å². The highest BCUT2D eigenvalue weighted by Gasteiger charge is 2.31. The fourth-order valence-electron chi connectivity index (χ4n) is 2.75. The lowest BCUT2D eigenvalue weighted by atomic mass is 10.1. The van der Waals surface area contributed by atoms with E-state index in [1.165, 1.54) is 0 Å². The Hall–Kier alpha value is -2.50. The smallest absolute Gasteiger partial charge is 0.255 e. The standard InChI is InChI=1S/C16H18N4O2/c1-11-8-17-10-13(19-11)14-4-3-7-20(14)16(21)12-5-6-15(22-2)18-9-12/h5-6,8-10,14H,3-4,7H2,1-2H3/t14-/m0/s1. The van der Waals surface area contributed by atoms with E-state index in [-0.39, 0.29) is 11.9 Å². The molecule has 3 rings (SSSR count). The number of ether oxygens (including phenoxy) is 1. The highest BCUT2D eigenvalue weighted by molar-refractivity contribution is 5.94. The van der Waals surface area contributed by atoms with Gasteiger partial charge in [0.15, 0.2) is 0 Å². The molecule has 2 aromatic heterocycles. The van der Waals surface area contributed by atoms with E-state index in [1.54, 1.807) is 37.8 Å². The van der Waals surface area contributed by atoms with Gasteiger partial charge in [0.2, 0.25) is 5.88 Å². The fourth-order valence-corrected chi connectivity index (χ4v) is 2.75. The summed E-state index contributed by atoms with van der Waals surface area (Å²) in [6.07, 6.45) is 6.90. The van der Waals surface area contributed by atoms with Gasteiger partial charge in [-0.1, -0.05) is 0 Å². The van der Waals surface area contributed by atoms with Gasteiger partial charge in [0.25, 0.3) is 5.91 Å². The molecule has 3 heterocycles. The van der Waals surface area contributed by atoms with Gasteiger partial charge < -0.3 is 9.64 Å². The molecule has 2 aromatic rings. The number of nitrogens with zero attached hydrogens (tertiary/aromatic N) is 4. The highest BCUT2D eigenvalue weighted by Crippen LogP contribution is 2.31. The van der Waals surface area contributed by atoms with E-state index < -0.39 is 0 Å². The van der Waals surface area contributed by atoms with Crippen LogP contribution in [-0.4, -0.2) is 39.4 Å². The number of likely N-dealkylation sites (tertiary alicyclic amines) is 1. The first-order valence-electron chi connectivity index (χ1n) is 7.28. The van der Waals surface area contributed by atoms with Crippen molar-refractivity contribution in [2.24, 2.45) is 0 Å². The number of hydrogen-bond acceptors (Lipinski definition) is 5. The lowest BCUT2D eigenvalue weighted by Gasteiger charge is -2.24. The zero-order valence-corrected chi connectivity index (χ0v) is 12.7. The SMILES string of the molecule is COc1ccc(C(=O)N2CCC[C@H]2c2cncc(C)n2)cn1. The Morgan fingerprint density at radius 3 is 2.86 bits per heavy atom. The molecular formula is C16H18N4O2. The van der Waals surface area contributed by atoms with Crippen LogP contribution in [0.3, 0.4) is 0 Å². The first-order chi connectivity index (χ1) is 10.7. The van der Waals surface area contributed by atoms with Crippen molar-refractivity contribution in [3.05, 3.63) is 47.7 Å². The zero-order chi connectivity index (χ0) is 15.5. The van der Waals surface area contributed by atoms with Gasteiger partial charge in [-0.2, -0.15) is 0 Å². The summed E-state index contributed by atoms with van der Waals surface area (Å²) >= 11 is 0. The molecule has 22 heavy (non-hydrogen) atoms. The molecule has 1 aliphatic heterocycles. The minimum absolute atomic E-state index is 0.0120. The summed E-state index contributed by atoms with van der Waals surface area (Å²) in [4.78, 5) is 27.4. The van der Waals surface area contributed by atoms with Crippen molar-refractivity contribution in [2.45, 2.75) is 25.8 Å². The molecule has 1 atom stereocenters. The van der Waals surface area contributed by atoms with E-state index in [2.05, 4.69) is 15.0 Å². The van der Waals surface area contributed by atoms with Crippen LogP contribution in [0.25, 0.3) is 0 Å². The minimum atomic E-state index is -0.0269. The number of carbonyl (C=O) groups is 1. The fraction of sp³-hybridized carbons (Fsp3) is 0.375. The van der Waals surface area contributed by atoms with Gasteiger partial charge in [-0.3, -0.25) is 14.8 Å². The number of aryl methyl sites for hydroxylation is 1. The Morgan fingerprint density at radius 1 is 1.32 bits per heavy atom. The number of amides is 1. The van der Waals surface area contributed by atoms with Crippen LogP contribution < -0.4 is 4.74 Å². The molecule has 0 saturated carbocycles.